The zero-order chi connectivity index (χ0) is 36.9. The molecule has 0 N–H and O–H groups in total. The summed E-state index contributed by atoms with van der Waals surface area (Å²) in [6, 6.07) is 60.1. The number of rotatable bonds is 6. The van der Waals surface area contributed by atoms with E-state index in [1.165, 1.54) is 44.2 Å². The predicted molar refractivity (Wildman–Crippen MR) is 225 cm³/mol. The van der Waals surface area contributed by atoms with E-state index in [0.29, 0.717) is 17.5 Å². The van der Waals surface area contributed by atoms with E-state index in [1.54, 1.807) is 6.20 Å². The summed E-state index contributed by atoms with van der Waals surface area (Å²) in [5, 5.41) is 2.63. The molecule has 0 radical (unpaired) electrons. The van der Waals surface area contributed by atoms with Gasteiger partial charge in [0.25, 0.3) is 0 Å². The third-order valence-electron chi connectivity index (χ3n) is 11.0. The first-order chi connectivity index (χ1) is 27.0. The number of fused-ring (bicyclic) bond motifs is 5. The Morgan fingerprint density at radius 2 is 0.909 bits per heavy atom. The van der Waals surface area contributed by atoms with Crippen LogP contribution >= 0.6 is 0 Å². The van der Waals surface area contributed by atoms with E-state index in [1.807, 2.05) is 42.6 Å². The first-order valence-electron chi connectivity index (χ1n) is 18.7. The van der Waals surface area contributed by atoms with Gasteiger partial charge in [0.1, 0.15) is 0 Å². The van der Waals surface area contributed by atoms with Crippen molar-refractivity contribution in [1.82, 2.24) is 19.9 Å². The summed E-state index contributed by atoms with van der Waals surface area (Å²) in [5.41, 5.74) is 14.9. The van der Waals surface area contributed by atoms with Gasteiger partial charge in [-0.1, -0.05) is 159 Å². The van der Waals surface area contributed by atoms with Crippen molar-refractivity contribution in [3.63, 3.8) is 0 Å². The quantitative estimate of drug-likeness (QED) is 0.173. The van der Waals surface area contributed by atoms with Crippen molar-refractivity contribution in [3.8, 4) is 78.7 Å². The molecule has 2 heterocycles. The molecule has 0 bridgehead atoms. The lowest BCUT2D eigenvalue weighted by molar-refractivity contribution is 0.666. The highest BCUT2D eigenvalue weighted by Gasteiger charge is 2.37. The molecule has 0 fully saturated rings. The first kappa shape index (κ1) is 32.6. The largest absolute Gasteiger partial charge is 0.264 e. The van der Waals surface area contributed by atoms with Crippen LogP contribution in [0.1, 0.15) is 25.0 Å². The molecular weight excluding hydrogens is 669 g/mol. The van der Waals surface area contributed by atoms with Crippen LogP contribution < -0.4 is 0 Å². The Kier molecular flexibility index (Phi) is 7.77. The lowest BCUT2D eigenvalue weighted by atomic mass is 9.79. The Balaban J connectivity index is 1.01. The number of hydrogen-bond acceptors (Lipinski definition) is 4. The highest BCUT2D eigenvalue weighted by Crippen LogP contribution is 2.52. The zero-order valence-electron chi connectivity index (χ0n) is 30.6. The summed E-state index contributed by atoms with van der Waals surface area (Å²) < 4.78 is 0. The van der Waals surface area contributed by atoms with Gasteiger partial charge in [0.2, 0.25) is 0 Å². The number of aromatic nitrogens is 4. The molecule has 0 amide bonds. The highest BCUT2D eigenvalue weighted by atomic mass is 15.0. The average molecular weight is 705 g/mol. The van der Waals surface area contributed by atoms with Crippen molar-refractivity contribution in [3.05, 3.63) is 193 Å². The van der Waals surface area contributed by atoms with E-state index >= 15 is 0 Å². The molecule has 0 atom stereocenters. The van der Waals surface area contributed by atoms with Crippen LogP contribution in [0.2, 0.25) is 0 Å². The molecule has 9 aromatic rings. The molecule has 55 heavy (non-hydrogen) atoms. The second-order valence-electron chi connectivity index (χ2n) is 14.7. The molecule has 0 spiro atoms. The van der Waals surface area contributed by atoms with Crippen LogP contribution in [0.5, 0.6) is 0 Å². The van der Waals surface area contributed by atoms with Crippen molar-refractivity contribution < 1.29 is 0 Å². The summed E-state index contributed by atoms with van der Waals surface area (Å²) in [6.45, 7) is 4.73. The van der Waals surface area contributed by atoms with Crippen LogP contribution in [0.25, 0.3) is 89.4 Å². The van der Waals surface area contributed by atoms with Crippen LogP contribution in [-0.2, 0) is 5.41 Å². The second kappa shape index (κ2) is 13.1. The number of pyridine rings is 1. The number of hydrogen-bond donors (Lipinski definition) is 0. The SMILES string of the molecule is CC1(C)c2cc(-c3cccc(-c4cccc(-c5nc(-c6ccccc6)nc(-c6ccc(-c7cccnc7)cc6)n5)c4)c3)ccc2-c2ccc3ccccc3c21. The lowest BCUT2D eigenvalue weighted by Crippen LogP contribution is -2.15. The molecule has 0 saturated carbocycles. The minimum atomic E-state index is -0.114. The van der Waals surface area contributed by atoms with Crippen molar-refractivity contribution >= 4 is 10.8 Å². The molecule has 10 rings (SSSR count). The molecule has 0 unspecified atom stereocenters. The van der Waals surface area contributed by atoms with E-state index in [0.717, 1.165) is 38.9 Å². The van der Waals surface area contributed by atoms with E-state index in [-0.39, 0.29) is 5.41 Å². The normalized spacial score (nSPS) is 12.7. The molecule has 260 valence electrons. The van der Waals surface area contributed by atoms with Crippen LogP contribution in [0.15, 0.2) is 182 Å². The Morgan fingerprint density at radius 3 is 1.62 bits per heavy atom. The Bertz CT molecular complexity index is 2880. The Morgan fingerprint density at radius 1 is 0.382 bits per heavy atom. The van der Waals surface area contributed by atoms with Crippen molar-refractivity contribution in [2.45, 2.75) is 19.3 Å². The maximum Gasteiger partial charge on any atom is 0.164 e. The van der Waals surface area contributed by atoms with Gasteiger partial charge in [0.05, 0.1) is 0 Å². The van der Waals surface area contributed by atoms with Crippen LogP contribution in [0, 0.1) is 0 Å². The smallest absolute Gasteiger partial charge is 0.164 e. The minimum absolute atomic E-state index is 0.114. The summed E-state index contributed by atoms with van der Waals surface area (Å²) >= 11 is 0. The average Bonchev–Trinajstić information content (AvgIpc) is 3.49. The predicted octanol–water partition coefficient (Wildman–Crippen LogP) is 12.7. The summed E-state index contributed by atoms with van der Waals surface area (Å²) in [7, 11) is 0. The molecule has 7 aromatic carbocycles. The van der Waals surface area contributed by atoms with Gasteiger partial charge in [0.15, 0.2) is 17.5 Å². The van der Waals surface area contributed by atoms with Crippen LogP contribution in [0.3, 0.4) is 0 Å². The number of benzene rings is 7. The van der Waals surface area contributed by atoms with Gasteiger partial charge >= 0.3 is 0 Å². The molecule has 0 aliphatic heterocycles. The van der Waals surface area contributed by atoms with Crippen molar-refractivity contribution in [2.24, 2.45) is 0 Å². The monoisotopic (exact) mass is 704 g/mol. The van der Waals surface area contributed by atoms with Gasteiger partial charge < -0.3 is 0 Å². The molecule has 1 aliphatic rings. The third kappa shape index (κ3) is 5.80. The standard InChI is InChI=1S/C51H36N4/c1-51(2)46-31-40(25-26-44(46)45-27-24-34-11-6-7-19-43(34)47(45)51)38-15-8-14-37(29-38)39-16-9-17-41(30-39)50-54-48(35-12-4-3-5-13-35)53-49(55-50)36-22-20-33(21-23-36)42-18-10-28-52-32-42/h3-32H,1-2H3. The van der Waals surface area contributed by atoms with Crippen LogP contribution in [0.4, 0.5) is 0 Å². The van der Waals surface area contributed by atoms with Gasteiger partial charge in [-0.3, -0.25) is 4.98 Å². The van der Waals surface area contributed by atoms with Gasteiger partial charge in [-0.25, -0.2) is 15.0 Å². The Labute approximate surface area is 320 Å². The second-order valence-corrected chi connectivity index (χ2v) is 14.7. The maximum atomic E-state index is 5.05. The molecule has 1 aliphatic carbocycles. The van der Waals surface area contributed by atoms with Gasteiger partial charge in [-0.05, 0) is 90.7 Å². The van der Waals surface area contributed by atoms with Gasteiger partial charge in [-0.2, -0.15) is 0 Å². The van der Waals surface area contributed by atoms with Gasteiger partial charge in [-0.15, -0.1) is 0 Å². The first-order valence-corrected chi connectivity index (χ1v) is 18.7. The highest BCUT2D eigenvalue weighted by molar-refractivity contribution is 5.98. The van der Waals surface area contributed by atoms with E-state index < -0.39 is 0 Å². The lowest BCUT2D eigenvalue weighted by Gasteiger charge is -2.23. The van der Waals surface area contributed by atoms with Crippen molar-refractivity contribution in [2.75, 3.05) is 0 Å². The minimum Gasteiger partial charge on any atom is -0.264 e. The van der Waals surface area contributed by atoms with E-state index in [9.17, 15) is 0 Å². The third-order valence-corrected chi connectivity index (χ3v) is 11.0. The summed E-state index contributed by atoms with van der Waals surface area (Å²) in [4.78, 5) is 19.3. The van der Waals surface area contributed by atoms with Crippen molar-refractivity contribution in [1.29, 1.82) is 0 Å². The Hall–Kier alpha value is -7.04. The summed E-state index contributed by atoms with van der Waals surface area (Å²) in [5.74, 6) is 1.90. The van der Waals surface area contributed by atoms with Crippen LogP contribution in [-0.4, -0.2) is 19.9 Å². The fraction of sp³-hybridized carbons (Fsp3) is 0.0588. The molecule has 4 nitrogen and oxygen atoms in total. The molecule has 0 saturated heterocycles. The fourth-order valence-electron chi connectivity index (χ4n) is 8.19. The molecule has 4 heteroatoms. The maximum absolute atomic E-state index is 5.05. The molecular formula is C51H36N4. The zero-order valence-corrected chi connectivity index (χ0v) is 30.6. The fourth-order valence-corrected chi connectivity index (χ4v) is 8.19. The van der Waals surface area contributed by atoms with E-state index in [4.69, 9.17) is 15.0 Å². The molecule has 2 aromatic heterocycles. The number of nitrogens with zero attached hydrogens (tertiary/aromatic N) is 4. The summed E-state index contributed by atoms with van der Waals surface area (Å²) in [6.07, 6.45) is 3.66. The topological polar surface area (TPSA) is 51.6 Å². The van der Waals surface area contributed by atoms with Gasteiger partial charge in [0, 0.05) is 34.5 Å². The van der Waals surface area contributed by atoms with E-state index in [2.05, 4.69) is 152 Å².